The number of carbonyl (C=O) groups is 4. The number of nitrogens with zero attached hydrogens (tertiary/aromatic N) is 1. The van der Waals surface area contributed by atoms with Gasteiger partial charge in [0.15, 0.2) is 0 Å². The summed E-state index contributed by atoms with van der Waals surface area (Å²) >= 11 is 0. The van der Waals surface area contributed by atoms with Gasteiger partial charge < -0.3 is 16.0 Å². The predicted molar refractivity (Wildman–Crippen MR) is 150 cm³/mol. The summed E-state index contributed by atoms with van der Waals surface area (Å²) in [5, 5.41) is 8.74. The normalized spacial score (nSPS) is 22.4. The smallest absolute Gasteiger partial charge is 0.250 e. The molecule has 4 amide bonds. The van der Waals surface area contributed by atoms with Crippen LogP contribution in [0.4, 0.5) is 5.69 Å². The number of para-hydroxylation sites is 1. The van der Waals surface area contributed by atoms with E-state index in [0.29, 0.717) is 32.4 Å². The van der Waals surface area contributed by atoms with Crippen LogP contribution in [0.15, 0.2) is 48.5 Å². The van der Waals surface area contributed by atoms with Crippen LogP contribution >= 0.6 is 0 Å². The largest absolute Gasteiger partial charge is 0.353 e. The maximum atomic E-state index is 14.0. The lowest BCUT2D eigenvalue weighted by Gasteiger charge is -2.29. The van der Waals surface area contributed by atoms with Crippen LogP contribution in [-0.4, -0.2) is 60.9 Å². The number of nitrogens with one attached hydrogen (secondary N) is 6. The molecule has 1 fully saturated rings. The molecule has 1 saturated heterocycles. The fourth-order valence-corrected chi connectivity index (χ4v) is 5.62. The number of hydrogen-bond acceptors (Lipinski definition) is 7. The van der Waals surface area contributed by atoms with E-state index in [-0.39, 0.29) is 36.1 Å². The van der Waals surface area contributed by atoms with Crippen molar-refractivity contribution in [1.82, 2.24) is 32.3 Å². The van der Waals surface area contributed by atoms with Crippen LogP contribution in [0.2, 0.25) is 0 Å². The lowest BCUT2D eigenvalue weighted by Crippen LogP contribution is -2.58. The molecule has 4 atom stereocenters. The van der Waals surface area contributed by atoms with E-state index in [4.69, 9.17) is 0 Å². The molecule has 2 aromatic carbocycles. The lowest BCUT2D eigenvalue weighted by atomic mass is 9.99. The van der Waals surface area contributed by atoms with Crippen molar-refractivity contribution >= 4 is 29.3 Å². The molecular weight excluding hydrogens is 510 g/mol. The highest BCUT2D eigenvalue weighted by atomic mass is 16.2. The van der Waals surface area contributed by atoms with Gasteiger partial charge in [0.2, 0.25) is 23.6 Å². The maximum absolute atomic E-state index is 14.0. The quantitative estimate of drug-likeness (QED) is 0.256. The SMILES string of the molecule is CC(C)[C@H](NC(=O)Cc1ccccc1)C(=O)N[C@H]1CCc2cccc3c2N(C1=O)[C@H](C(=O)NCC1CNNN1)C3. The van der Waals surface area contributed by atoms with E-state index >= 15 is 0 Å². The van der Waals surface area contributed by atoms with Crippen molar-refractivity contribution in [2.24, 2.45) is 5.92 Å². The Morgan fingerprint density at radius 1 is 1.05 bits per heavy atom. The number of hydrogen-bond donors (Lipinski definition) is 6. The zero-order valence-electron chi connectivity index (χ0n) is 22.8. The van der Waals surface area contributed by atoms with E-state index < -0.39 is 24.0 Å². The minimum atomic E-state index is -0.821. The third-order valence-corrected chi connectivity index (χ3v) is 7.73. The second-order valence-electron chi connectivity index (χ2n) is 11.0. The van der Waals surface area contributed by atoms with E-state index in [9.17, 15) is 19.2 Å². The van der Waals surface area contributed by atoms with Gasteiger partial charge in [0, 0.05) is 19.5 Å². The third-order valence-electron chi connectivity index (χ3n) is 7.73. The van der Waals surface area contributed by atoms with Gasteiger partial charge >= 0.3 is 0 Å². The molecular formula is C29H37N7O4. The minimum Gasteiger partial charge on any atom is -0.353 e. The number of benzene rings is 2. The van der Waals surface area contributed by atoms with Gasteiger partial charge in [-0.2, -0.15) is 5.53 Å². The van der Waals surface area contributed by atoms with Crippen molar-refractivity contribution in [3.8, 4) is 0 Å². The molecule has 3 aliphatic rings. The number of carbonyl (C=O) groups excluding carboxylic acids is 4. The number of aryl methyl sites for hydroxylation is 1. The number of hydrazine groups is 2. The Morgan fingerprint density at radius 2 is 1.82 bits per heavy atom. The highest BCUT2D eigenvalue weighted by Gasteiger charge is 2.44. The van der Waals surface area contributed by atoms with Crippen LogP contribution < -0.4 is 37.2 Å². The van der Waals surface area contributed by atoms with E-state index in [0.717, 1.165) is 22.4 Å². The molecule has 2 aromatic rings. The zero-order chi connectivity index (χ0) is 28.2. The molecule has 0 spiro atoms. The van der Waals surface area contributed by atoms with Crippen LogP contribution in [0, 0.1) is 5.92 Å². The standard InChI is InChI=1S/C29H37N7O4/c1-17(2)25(33-24(37)13-18-7-4-3-5-8-18)28(39)32-22-12-11-19-9-6-10-20-14-23(36(26(19)20)29(22)40)27(38)30-15-21-16-31-35-34-21/h3-10,17,21-23,25,31,34-35H,11-16H2,1-2H3,(H,30,38)(H,32,39)(H,33,37)/t21?,22-,23-,25-/m0/s1. The molecule has 11 nitrogen and oxygen atoms in total. The first-order chi connectivity index (χ1) is 19.3. The van der Waals surface area contributed by atoms with Gasteiger partial charge in [0.1, 0.15) is 18.1 Å². The van der Waals surface area contributed by atoms with Gasteiger partial charge in [-0.05, 0) is 35.4 Å². The molecule has 0 aliphatic carbocycles. The summed E-state index contributed by atoms with van der Waals surface area (Å²) in [6, 6.07) is 12.9. The number of amides is 4. The second kappa shape index (κ2) is 12.2. The summed E-state index contributed by atoms with van der Waals surface area (Å²) in [6.07, 6.45) is 1.56. The molecule has 0 saturated carbocycles. The Morgan fingerprint density at radius 3 is 2.55 bits per heavy atom. The maximum Gasteiger partial charge on any atom is 0.250 e. The van der Waals surface area contributed by atoms with Crippen molar-refractivity contribution < 1.29 is 19.2 Å². The van der Waals surface area contributed by atoms with Crippen molar-refractivity contribution in [2.75, 3.05) is 18.0 Å². The van der Waals surface area contributed by atoms with E-state index in [1.54, 1.807) is 4.90 Å². The minimum absolute atomic E-state index is 0.0280. The van der Waals surface area contributed by atoms with Crippen molar-refractivity contribution in [3.05, 3.63) is 65.2 Å². The van der Waals surface area contributed by atoms with E-state index in [2.05, 4.69) is 32.3 Å². The van der Waals surface area contributed by atoms with Crippen LogP contribution in [0.1, 0.15) is 37.0 Å². The summed E-state index contributed by atoms with van der Waals surface area (Å²) < 4.78 is 0. The predicted octanol–water partition coefficient (Wildman–Crippen LogP) is -0.144. The first kappa shape index (κ1) is 27.8. The first-order valence-corrected chi connectivity index (χ1v) is 13.9. The molecule has 0 radical (unpaired) electrons. The van der Waals surface area contributed by atoms with Crippen LogP contribution in [0.3, 0.4) is 0 Å². The summed E-state index contributed by atoms with van der Waals surface area (Å²) in [6.45, 7) is 4.77. The monoisotopic (exact) mass is 547 g/mol. The molecule has 11 heteroatoms. The molecule has 212 valence electrons. The van der Waals surface area contributed by atoms with Gasteiger partial charge in [-0.15, -0.1) is 0 Å². The fourth-order valence-electron chi connectivity index (χ4n) is 5.62. The van der Waals surface area contributed by atoms with Gasteiger partial charge in [0.25, 0.3) is 0 Å². The first-order valence-electron chi connectivity index (χ1n) is 13.9. The summed E-state index contributed by atoms with van der Waals surface area (Å²) in [7, 11) is 0. The molecule has 3 aliphatic heterocycles. The lowest BCUT2D eigenvalue weighted by molar-refractivity contribution is -0.132. The van der Waals surface area contributed by atoms with E-state index in [1.807, 2.05) is 62.4 Å². The fraction of sp³-hybridized carbons (Fsp3) is 0.448. The van der Waals surface area contributed by atoms with Gasteiger partial charge in [0.05, 0.1) is 18.2 Å². The van der Waals surface area contributed by atoms with Gasteiger partial charge in [-0.3, -0.25) is 24.1 Å². The molecule has 40 heavy (non-hydrogen) atoms. The van der Waals surface area contributed by atoms with Crippen LogP contribution in [0.25, 0.3) is 0 Å². The van der Waals surface area contributed by atoms with E-state index in [1.165, 1.54) is 0 Å². The third kappa shape index (κ3) is 6.01. The van der Waals surface area contributed by atoms with Crippen molar-refractivity contribution in [2.45, 2.75) is 63.7 Å². The van der Waals surface area contributed by atoms with Gasteiger partial charge in [-0.25, -0.2) is 10.9 Å². The summed E-state index contributed by atoms with van der Waals surface area (Å²) in [5.74, 6) is -1.40. The average molecular weight is 548 g/mol. The molecule has 1 unspecified atom stereocenters. The Labute approximate surface area is 233 Å². The topological polar surface area (TPSA) is 144 Å². The van der Waals surface area contributed by atoms with Crippen molar-refractivity contribution in [3.63, 3.8) is 0 Å². The highest BCUT2D eigenvalue weighted by Crippen LogP contribution is 2.39. The molecule has 0 bridgehead atoms. The average Bonchev–Trinajstić information content (AvgIpc) is 3.58. The van der Waals surface area contributed by atoms with Crippen LogP contribution in [-0.2, 0) is 38.4 Å². The number of rotatable bonds is 9. The molecule has 6 N–H and O–H groups in total. The van der Waals surface area contributed by atoms with Crippen molar-refractivity contribution in [1.29, 1.82) is 0 Å². The summed E-state index contributed by atoms with van der Waals surface area (Å²) in [4.78, 5) is 55.1. The zero-order valence-corrected chi connectivity index (χ0v) is 22.8. The second-order valence-corrected chi connectivity index (χ2v) is 11.0. The Kier molecular flexibility index (Phi) is 8.43. The molecule has 0 aromatic heterocycles. The Bertz CT molecular complexity index is 1260. The summed E-state index contributed by atoms with van der Waals surface area (Å²) in [5.41, 5.74) is 12.4. The number of anilines is 1. The Balaban J connectivity index is 1.29. The highest BCUT2D eigenvalue weighted by molar-refractivity contribution is 6.08. The Hall–Kier alpha value is -3.80. The van der Waals surface area contributed by atoms with Gasteiger partial charge in [-0.1, -0.05) is 62.4 Å². The van der Waals surface area contributed by atoms with Crippen LogP contribution in [0.5, 0.6) is 0 Å². The molecule has 5 rings (SSSR count). The molecule has 3 heterocycles.